The lowest BCUT2D eigenvalue weighted by atomic mass is 9.83. The minimum Gasteiger partial charge on any atom is -0.481 e. The lowest BCUT2D eigenvalue weighted by Gasteiger charge is -2.34. The van der Waals surface area contributed by atoms with E-state index in [0.29, 0.717) is 12.3 Å². The van der Waals surface area contributed by atoms with Crippen LogP contribution in [0, 0.1) is 11.8 Å². The van der Waals surface area contributed by atoms with Crippen LogP contribution in [-0.2, 0) is 14.4 Å². The molecule has 2 aliphatic heterocycles. The van der Waals surface area contributed by atoms with Crippen LogP contribution >= 0.6 is 0 Å². The van der Waals surface area contributed by atoms with Crippen molar-refractivity contribution < 1.29 is 29.3 Å². The van der Waals surface area contributed by atoms with Crippen LogP contribution in [0.1, 0.15) is 32.1 Å². The van der Waals surface area contributed by atoms with Gasteiger partial charge in [0.05, 0.1) is 12.1 Å². The maximum absolute atomic E-state index is 12.9. The molecule has 1 amide bonds. The number of benzene rings is 1. The smallest absolute Gasteiger partial charge is 0.323 e. The molecule has 0 radical (unpaired) electrons. The summed E-state index contributed by atoms with van der Waals surface area (Å²) in [6, 6.07) is 6.45. The predicted molar refractivity (Wildman–Crippen MR) is 105 cm³/mol. The summed E-state index contributed by atoms with van der Waals surface area (Å²) in [4.78, 5) is 37.3. The zero-order chi connectivity index (χ0) is 21.0. The molecule has 0 spiro atoms. The third kappa shape index (κ3) is 4.86. The number of para-hydroxylation sites is 2. The Morgan fingerprint density at radius 2 is 1.97 bits per heavy atom. The Kier molecular flexibility index (Phi) is 6.39. The highest BCUT2D eigenvalue weighted by Gasteiger charge is 2.47. The monoisotopic (exact) mass is 405 g/mol. The second kappa shape index (κ2) is 8.79. The number of carboxylic acid groups (broad SMARTS) is 2. The molecular weight excluding hydrogens is 378 g/mol. The van der Waals surface area contributed by atoms with Crippen molar-refractivity contribution in [2.24, 2.45) is 17.6 Å². The van der Waals surface area contributed by atoms with Crippen LogP contribution in [0.15, 0.2) is 24.3 Å². The Hall–Kier alpha value is -2.65. The number of carboxylic acids is 2. The van der Waals surface area contributed by atoms with E-state index >= 15 is 0 Å². The van der Waals surface area contributed by atoms with Crippen molar-refractivity contribution in [2.45, 2.75) is 37.8 Å². The molecular formula is C20H27N3O6. The second-order valence-electron chi connectivity index (χ2n) is 7.74. The van der Waals surface area contributed by atoms with Gasteiger partial charge in [-0.3, -0.25) is 25.0 Å². The average Bonchev–Trinajstić information content (AvgIpc) is 2.76. The summed E-state index contributed by atoms with van der Waals surface area (Å²) in [6.45, 7) is 1.26. The topological polar surface area (TPSA) is 142 Å². The van der Waals surface area contributed by atoms with Crippen LogP contribution in [0.2, 0.25) is 0 Å². The van der Waals surface area contributed by atoms with Crippen LogP contribution in [-0.4, -0.2) is 53.4 Å². The number of fused-ring (bicyclic) bond motifs is 1. The molecule has 158 valence electrons. The van der Waals surface area contributed by atoms with Gasteiger partial charge < -0.3 is 20.3 Å². The largest absolute Gasteiger partial charge is 0.481 e. The number of nitrogens with two attached hydrogens (primary N) is 1. The zero-order valence-corrected chi connectivity index (χ0v) is 16.2. The number of ether oxygens (including phenoxy) is 1. The SMILES string of the molecule is N[C@@]1(C(CCC2CCNCC2)C(=O)O)CC(=O)N(CC(=O)O)c2ccccc2O1. The standard InChI is InChI=1S/C20H27N3O6/c21-20(14(19(27)28)6-5-13-7-9-22-10-8-13)11-17(24)23(12-18(25)26)15-3-1-2-4-16(15)29-20/h1-4,13-14,22H,5-12,21H2,(H,25,26)(H,27,28)/t14?,20-/m0/s1. The predicted octanol–water partition coefficient (Wildman–Crippen LogP) is 1.02. The van der Waals surface area contributed by atoms with Gasteiger partial charge in [-0.15, -0.1) is 0 Å². The summed E-state index contributed by atoms with van der Waals surface area (Å²) < 4.78 is 5.92. The third-order valence-corrected chi connectivity index (χ3v) is 5.69. The van der Waals surface area contributed by atoms with E-state index in [0.717, 1.165) is 30.8 Å². The number of piperidine rings is 1. The molecule has 0 saturated carbocycles. The lowest BCUT2D eigenvalue weighted by molar-refractivity contribution is -0.152. The van der Waals surface area contributed by atoms with E-state index in [9.17, 15) is 24.6 Å². The number of amides is 1. The van der Waals surface area contributed by atoms with E-state index in [2.05, 4.69) is 5.32 Å². The van der Waals surface area contributed by atoms with Gasteiger partial charge in [0.1, 0.15) is 18.2 Å². The van der Waals surface area contributed by atoms with Gasteiger partial charge in [-0.25, -0.2) is 0 Å². The van der Waals surface area contributed by atoms with Gasteiger partial charge >= 0.3 is 11.9 Å². The van der Waals surface area contributed by atoms with E-state index in [4.69, 9.17) is 10.5 Å². The summed E-state index contributed by atoms with van der Waals surface area (Å²) >= 11 is 0. The van der Waals surface area contributed by atoms with Gasteiger partial charge in [-0.1, -0.05) is 12.1 Å². The first-order valence-electron chi connectivity index (χ1n) is 9.83. The van der Waals surface area contributed by atoms with Crippen molar-refractivity contribution in [2.75, 3.05) is 24.5 Å². The normalized spacial score (nSPS) is 23.6. The molecule has 0 aliphatic carbocycles. The first-order chi connectivity index (χ1) is 13.8. The molecule has 2 aliphatic rings. The van der Waals surface area contributed by atoms with Gasteiger partial charge in [0.15, 0.2) is 5.72 Å². The average molecular weight is 405 g/mol. The van der Waals surface area contributed by atoms with Gasteiger partial charge in [-0.2, -0.15) is 0 Å². The molecule has 1 aromatic carbocycles. The Morgan fingerprint density at radius 1 is 1.28 bits per heavy atom. The van der Waals surface area contributed by atoms with Crippen molar-refractivity contribution in [1.82, 2.24) is 5.32 Å². The van der Waals surface area contributed by atoms with Crippen molar-refractivity contribution in [1.29, 1.82) is 0 Å². The summed E-state index contributed by atoms with van der Waals surface area (Å²) in [5, 5.41) is 22.3. The molecule has 0 bridgehead atoms. The molecule has 1 aromatic rings. The molecule has 5 N–H and O–H groups in total. The Bertz CT molecular complexity index is 779. The van der Waals surface area contributed by atoms with Gasteiger partial charge in [0.2, 0.25) is 5.91 Å². The van der Waals surface area contributed by atoms with Gasteiger partial charge in [0.25, 0.3) is 0 Å². The summed E-state index contributed by atoms with van der Waals surface area (Å²) in [5.41, 5.74) is 4.92. The maximum atomic E-state index is 12.9. The van der Waals surface area contributed by atoms with E-state index in [1.165, 1.54) is 0 Å². The van der Waals surface area contributed by atoms with E-state index < -0.39 is 42.5 Å². The molecule has 0 aromatic heterocycles. The fraction of sp³-hybridized carbons (Fsp3) is 0.550. The molecule has 29 heavy (non-hydrogen) atoms. The van der Waals surface area contributed by atoms with E-state index in [1.54, 1.807) is 24.3 Å². The molecule has 9 nitrogen and oxygen atoms in total. The summed E-state index contributed by atoms with van der Waals surface area (Å²) in [5.74, 6) is -3.38. The highest BCUT2D eigenvalue weighted by atomic mass is 16.5. The highest BCUT2D eigenvalue weighted by Crippen LogP contribution is 2.39. The minimum atomic E-state index is -1.76. The number of hydrogen-bond acceptors (Lipinski definition) is 6. The third-order valence-electron chi connectivity index (χ3n) is 5.69. The number of nitrogens with zero attached hydrogens (tertiary/aromatic N) is 1. The van der Waals surface area contributed by atoms with Gasteiger partial charge in [0, 0.05) is 0 Å². The van der Waals surface area contributed by atoms with Crippen LogP contribution in [0.4, 0.5) is 5.69 Å². The molecule has 1 saturated heterocycles. The van der Waals surface area contributed by atoms with Crippen LogP contribution in [0.3, 0.4) is 0 Å². The molecule has 3 rings (SSSR count). The van der Waals surface area contributed by atoms with E-state index in [1.807, 2.05) is 0 Å². The number of carbonyl (C=O) groups is 3. The number of rotatable bonds is 7. The first kappa shape index (κ1) is 21.1. The Morgan fingerprint density at radius 3 is 2.62 bits per heavy atom. The van der Waals surface area contributed by atoms with E-state index in [-0.39, 0.29) is 17.9 Å². The number of anilines is 1. The molecule has 9 heteroatoms. The number of hydrogen-bond donors (Lipinski definition) is 4. The molecule has 1 fully saturated rings. The Balaban J connectivity index is 1.87. The van der Waals surface area contributed by atoms with Crippen molar-refractivity contribution >= 4 is 23.5 Å². The quantitative estimate of drug-likeness (QED) is 0.527. The fourth-order valence-corrected chi connectivity index (χ4v) is 4.13. The number of aliphatic carboxylic acids is 2. The molecule has 2 heterocycles. The molecule has 1 unspecified atom stereocenters. The van der Waals surface area contributed by atoms with Crippen molar-refractivity contribution in [3.63, 3.8) is 0 Å². The lowest BCUT2D eigenvalue weighted by Crippen LogP contribution is -2.57. The number of nitrogens with one attached hydrogen (secondary N) is 1. The maximum Gasteiger partial charge on any atom is 0.323 e. The second-order valence-corrected chi connectivity index (χ2v) is 7.74. The van der Waals surface area contributed by atoms with Gasteiger partial charge in [-0.05, 0) is 56.8 Å². The Labute approximate surface area is 168 Å². The summed E-state index contributed by atoms with van der Waals surface area (Å²) in [7, 11) is 0. The van der Waals surface area contributed by atoms with Crippen molar-refractivity contribution in [3.05, 3.63) is 24.3 Å². The zero-order valence-electron chi connectivity index (χ0n) is 16.2. The van der Waals surface area contributed by atoms with Crippen LogP contribution in [0.25, 0.3) is 0 Å². The summed E-state index contributed by atoms with van der Waals surface area (Å²) in [6.07, 6.45) is 2.48. The van der Waals surface area contributed by atoms with Crippen LogP contribution in [0.5, 0.6) is 5.75 Å². The van der Waals surface area contributed by atoms with Crippen molar-refractivity contribution in [3.8, 4) is 5.75 Å². The van der Waals surface area contributed by atoms with Crippen LogP contribution < -0.4 is 20.7 Å². The highest BCUT2D eigenvalue weighted by molar-refractivity contribution is 6.00. The number of carbonyl (C=O) groups excluding carboxylic acids is 1. The fourth-order valence-electron chi connectivity index (χ4n) is 4.13. The minimum absolute atomic E-state index is 0.204. The molecule has 2 atom stereocenters. The first-order valence-corrected chi connectivity index (χ1v) is 9.83.